The normalized spacial score (nSPS) is 13.4. The third-order valence-electron chi connectivity index (χ3n) is 4.29. The monoisotopic (exact) mass is 465 g/mol. The van der Waals surface area contributed by atoms with E-state index in [2.05, 4.69) is 27.1 Å². The number of benzene rings is 1. The van der Waals surface area contributed by atoms with Crippen LogP contribution in [0.15, 0.2) is 41.4 Å². The first-order valence-electron chi connectivity index (χ1n) is 8.92. The average Bonchev–Trinajstić information content (AvgIpc) is 3.30. The molecule has 4 rings (SSSR count). The SMILES string of the molecule is C=CCn1c(SCC(=O)Nc2nc(-c3ccc(Cl)cc3Cl)cs2)nnc1C1CC1. The van der Waals surface area contributed by atoms with E-state index < -0.39 is 0 Å². The fraction of sp³-hybridized carbons (Fsp3) is 0.263. The number of aromatic nitrogens is 4. The van der Waals surface area contributed by atoms with Crippen molar-refractivity contribution in [1.29, 1.82) is 0 Å². The quantitative estimate of drug-likeness (QED) is 0.351. The number of carbonyl (C=O) groups is 1. The predicted molar refractivity (Wildman–Crippen MR) is 119 cm³/mol. The summed E-state index contributed by atoms with van der Waals surface area (Å²) in [7, 11) is 0. The van der Waals surface area contributed by atoms with Crippen LogP contribution in [0.1, 0.15) is 24.6 Å². The summed E-state index contributed by atoms with van der Waals surface area (Å²) in [5, 5.41) is 15.5. The van der Waals surface area contributed by atoms with E-state index in [9.17, 15) is 4.79 Å². The van der Waals surface area contributed by atoms with Crippen molar-refractivity contribution in [3.63, 3.8) is 0 Å². The van der Waals surface area contributed by atoms with Crippen molar-refractivity contribution < 1.29 is 4.79 Å². The maximum atomic E-state index is 12.4. The Balaban J connectivity index is 1.38. The molecule has 0 aliphatic heterocycles. The lowest BCUT2D eigenvalue weighted by atomic mass is 10.2. The summed E-state index contributed by atoms with van der Waals surface area (Å²) in [5.41, 5.74) is 1.46. The standard InChI is InChI=1S/C19H17Cl2N5OS2/c1-2-7-26-17(11-3-4-11)24-25-19(26)29-10-16(27)23-18-22-15(9-28-18)13-6-5-12(20)8-14(13)21/h2,5-6,8-9,11H,1,3-4,7,10H2,(H,22,23,27). The van der Waals surface area contributed by atoms with Crippen LogP contribution in [0.5, 0.6) is 0 Å². The number of anilines is 1. The third kappa shape index (κ3) is 4.83. The van der Waals surface area contributed by atoms with Crippen LogP contribution in [-0.4, -0.2) is 31.4 Å². The largest absolute Gasteiger partial charge is 0.302 e. The first kappa shape index (κ1) is 20.4. The molecule has 150 valence electrons. The van der Waals surface area contributed by atoms with Gasteiger partial charge in [0.2, 0.25) is 5.91 Å². The van der Waals surface area contributed by atoms with Crippen LogP contribution in [0.3, 0.4) is 0 Å². The van der Waals surface area contributed by atoms with Crippen LogP contribution in [0.4, 0.5) is 5.13 Å². The Labute approximate surface area is 186 Å². The number of hydrogen-bond acceptors (Lipinski definition) is 6. The summed E-state index contributed by atoms with van der Waals surface area (Å²) in [6.45, 7) is 4.44. The topological polar surface area (TPSA) is 72.7 Å². The molecule has 29 heavy (non-hydrogen) atoms. The molecule has 6 nitrogen and oxygen atoms in total. The van der Waals surface area contributed by atoms with Crippen molar-refractivity contribution in [2.24, 2.45) is 0 Å². The van der Waals surface area contributed by atoms with Gasteiger partial charge in [-0.25, -0.2) is 4.98 Å². The molecule has 3 aromatic rings. The van der Waals surface area contributed by atoms with E-state index in [1.54, 1.807) is 12.1 Å². The van der Waals surface area contributed by atoms with Crippen LogP contribution in [0.2, 0.25) is 10.0 Å². The average molecular weight is 466 g/mol. The lowest BCUT2D eigenvalue weighted by Crippen LogP contribution is -2.14. The lowest BCUT2D eigenvalue weighted by Gasteiger charge is -2.06. The highest BCUT2D eigenvalue weighted by molar-refractivity contribution is 7.99. The van der Waals surface area contributed by atoms with Gasteiger partial charge < -0.3 is 9.88 Å². The maximum Gasteiger partial charge on any atom is 0.236 e. The van der Waals surface area contributed by atoms with Gasteiger partial charge in [-0.15, -0.1) is 28.1 Å². The van der Waals surface area contributed by atoms with Gasteiger partial charge in [-0.05, 0) is 31.0 Å². The van der Waals surface area contributed by atoms with Crippen molar-refractivity contribution >= 4 is 57.3 Å². The number of carbonyl (C=O) groups excluding carboxylic acids is 1. The predicted octanol–water partition coefficient (Wildman–Crippen LogP) is 5.50. The van der Waals surface area contributed by atoms with Crippen LogP contribution in [0, 0.1) is 0 Å². The number of thioether (sulfide) groups is 1. The third-order valence-corrected chi connectivity index (χ3v) is 6.56. The number of nitrogens with zero attached hydrogens (tertiary/aromatic N) is 4. The van der Waals surface area contributed by atoms with Gasteiger partial charge in [-0.2, -0.15) is 0 Å². The van der Waals surface area contributed by atoms with Gasteiger partial charge in [-0.3, -0.25) is 4.79 Å². The smallest absolute Gasteiger partial charge is 0.236 e. The molecule has 1 N–H and O–H groups in total. The Kier molecular flexibility index (Phi) is 6.24. The molecule has 1 aromatic carbocycles. The van der Waals surface area contributed by atoms with Gasteiger partial charge >= 0.3 is 0 Å². The minimum absolute atomic E-state index is 0.153. The van der Waals surface area contributed by atoms with Crippen molar-refractivity contribution in [3.05, 3.63) is 52.1 Å². The molecule has 0 bridgehead atoms. The second kappa shape index (κ2) is 8.87. The number of halogens is 2. The van der Waals surface area contributed by atoms with Crippen molar-refractivity contribution in [3.8, 4) is 11.3 Å². The lowest BCUT2D eigenvalue weighted by molar-refractivity contribution is -0.113. The van der Waals surface area contributed by atoms with Crippen molar-refractivity contribution in [1.82, 2.24) is 19.7 Å². The second-order valence-corrected chi connectivity index (χ2v) is 9.16. The van der Waals surface area contributed by atoms with E-state index in [0.717, 1.165) is 29.4 Å². The molecule has 2 aromatic heterocycles. The van der Waals surface area contributed by atoms with E-state index in [1.807, 2.05) is 22.1 Å². The van der Waals surface area contributed by atoms with E-state index in [0.29, 0.717) is 33.3 Å². The van der Waals surface area contributed by atoms with Crippen molar-refractivity contribution in [2.75, 3.05) is 11.1 Å². The van der Waals surface area contributed by atoms with Gasteiger partial charge in [0.05, 0.1) is 16.5 Å². The van der Waals surface area contributed by atoms with Crippen molar-refractivity contribution in [2.45, 2.75) is 30.5 Å². The Morgan fingerprint density at radius 3 is 2.93 bits per heavy atom. The number of rotatable bonds is 8. The molecule has 0 saturated heterocycles. The summed E-state index contributed by atoms with van der Waals surface area (Å²) in [5.74, 6) is 1.53. The number of amides is 1. The molecule has 0 spiro atoms. The fourth-order valence-electron chi connectivity index (χ4n) is 2.79. The molecule has 2 heterocycles. The minimum atomic E-state index is -0.153. The highest BCUT2D eigenvalue weighted by Crippen LogP contribution is 2.40. The number of allylic oxidation sites excluding steroid dienone is 1. The van der Waals surface area contributed by atoms with E-state index in [1.165, 1.54) is 23.1 Å². The summed E-state index contributed by atoms with van der Waals surface area (Å²) >= 11 is 14.9. The fourth-order valence-corrected chi connectivity index (χ4v) is 4.78. The Morgan fingerprint density at radius 1 is 1.38 bits per heavy atom. The minimum Gasteiger partial charge on any atom is -0.302 e. The first-order valence-corrected chi connectivity index (χ1v) is 11.5. The summed E-state index contributed by atoms with van der Waals surface area (Å²) in [6.07, 6.45) is 4.10. The highest BCUT2D eigenvalue weighted by atomic mass is 35.5. The molecule has 1 fully saturated rings. The van der Waals surface area contributed by atoms with Gasteiger partial charge in [0, 0.05) is 28.4 Å². The van der Waals surface area contributed by atoms with Crippen LogP contribution in [0.25, 0.3) is 11.3 Å². The zero-order chi connectivity index (χ0) is 20.4. The van der Waals surface area contributed by atoms with Gasteiger partial charge in [-0.1, -0.05) is 41.0 Å². The van der Waals surface area contributed by atoms with E-state index in [4.69, 9.17) is 23.2 Å². The Hall–Kier alpha value is -1.87. The van der Waals surface area contributed by atoms with Crippen LogP contribution >= 0.6 is 46.3 Å². The number of thiazole rings is 1. The molecule has 10 heteroatoms. The molecule has 0 atom stereocenters. The molecular weight excluding hydrogens is 449 g/mol. The second-order valence-electron chi connectivity index (χ2n) is 6.51. The molecule has 1 saturated carbocycles. The molecular formula is C19H17Cl2N5OS2. The molecule has 0 radical (unpaired) electrons. The first-order chi connectivity index (χ1) is 14.0. The zero-order valence-electron chi connectivity index (χ0n) is 15.3. The Bertz CT molecular complexity index is 1060. The number of nitrogens with one attached hydrogen (secondary N) is 1. The van der Waals surface area contributed by atoms with Gasteiger partial charge in [0.25, 0.3) is 0 Å². The maximum absolute atomic E-state index is 12.4. The highest BCUT2D eigenvalue weighted by Gasteiger charge is 2.30. The molecule has 1 amide bonds. The summed E-state index contributed by atoms with van der Waals surface area (Å²) in [6, 6.07) is 5.24. The summed E-state index contributed by atoms with van der Waals surface area (Å²) < 4.78 is 2.03. The van der Waals surface area contributed by atoms with Crippen LogP contribution < -0.4 is 5.32 Å². The van der Waals surface area contributed by atoms with Crippen LogP contribution in [-0.2, 0) is 11.3 Å². The molecule has 0 unspecified atom stereocenters. The van der Waals surface area contributed by atoms with E-state index in [-0.39, 0.29) is 11.7 Å². The Morgan fingerprint density at radius 2 is 2.21 bits per heavy atom. The summed E-state index contributed by atoms with van der Waals surface area (Å²) in [4.78, 5) is 16.8. The van der Waals surface area contributed by atoms with Gasteiger partial charge in [0.15, 0.2) is 10.3 Å². The number of hydrogen-bond donors (Lipinski definition) is 1. The molecule has 1 aliphatic rings. The van der Waals surface area contributed by atoms with Gasteiger partial charge in [0.1, 0.15) is 5.82 Å². The zero-order valence-corrected chi connectivity index (χ0v) is 18.4. The molecule has 1 aliphatic carbocycles. The van der Waals surface area contributed by atoms with E-state index >= 15 is 0 Å².